The van der Waals surface area contributed by atoms with Crippen molar-refractivity contribution in [2.75, 3.05) is 12.4 Å². The van der Waals surface area contributed by atoms with Crippen LogP contribution >= 0.6 is 11.8 Å². The summed E-state index contributed by atoms with van der Waals surface area (Å²) in [7, 11) is 0. The van der Waals surface area contributed by atoms with Gasteiger partial charge in [-0.2, -0.15) is 0 Å². The normalized spacial score (nSPS) is 12.3. The molecule has 0 spiro atoms. The van der Waals surface area contributed by atoms with Crippen LogP contribution in [0.4, 0.5) is 0 Å². The Morgan fingerprint density at radius 2 is 1.89 bits per heavy atom. The van der Waals surface area contributed by atoms with E-state index >= 15 is 0 Å². The van der Waals surface area contributed by atoms with E-state index in [4.69, 9.17) is 4.74 Å². The lowest BCUT2D eigenvalue weighted by Crippen LogP contribution is -2.14. The SMILES string of the molecule is CCOC(=O)C(SCC)c1cccc2ccccc12. The van der Waals surface area contributed by atoms with Crippen LogP contribution in [0.1, 0.15) is 24.7 Å². The molecule has 0 aliphatic carbocycles. The average molecular weight is 274 g/mol. The maximum Gasteiger partial charge on any atom is 0.323 e. The van der Waals surface area contributed by atoms with E-state index in [0.29, 0.717) is 6.61 Å². The molecule has 0 radical (unpaired) electrons. The van der Waals surface area contributed by atoms with Gasteiger partial charge in [-0.25, -0.2) is 0 Å². The van der Waals surface area contributed by atoms with E-state index in [1.165, 1.54) is 0 Å². The van der Waals surface area contributed by atoms with Crippen LogP contribution in [0.5, 0.6) is 0 Å². The number of thioether (sulfide) groups is 1. The molecule has 0 fully saturated rings. The molecule has 2 rings (SSSR count). The zero-order chi connectivity index (χ0) is 13.7. The molecule has 19 heavy (non-hydrogen) atoms. The second kappa shape index (κ2) is 6.62. The summed E-state index contributed by atoms with van der Waals surface area (Å²) in [5.41, 5.74) is 1.04. The number of rotatable bonds is 5. The molecule has 3 heteroatoms. The van der Waals surface area contributed by atoms with Crippen molar-refractivity contribution in [2.45, 2.75) is 19.1 Å². The number of ether oxygens (including phenoxy) is 1. The second-order valence-corrected chi connectivity index (χ2v) is 5.54. The summed E-state index contributed by atoms with van der Waals surface area (Å²) in [6.45, 7) is 4.32. The van der Waals surface area contributed by atoms with Crippen LogP contribution in [0.25, 0.3) is 10.8 Å². The molecule has 2 nitrogen and oxygen atoms in total. The molecule has 0 N–H and O–H groups in total. The van der Waals surface area contributed by atoms with Crippen molar-refractivity contribution >= 4 is 28.5 Å². The first-order chi connectivity index (χ1) is 9.27. The van der Waals surface area contributed by atoms with Crippen LogP contribution < -0.4 is 0 Å². The van der Waals surface area contributed by atoms with E-state index in [2.05, 4.69) is 25.1 Å². The molecule has 0 saturated carbocycles. The second-order valence-electron chi connectivity index (χ2n) is 4.16. The van der Waals surface area contributed by atoms with Gasteiger partial charge in [0.25, 0.3) is 0 Å². The quantitative estimate of drug-likeness (QED) is 0.764. The fourth-order valence-electron chi connectivity index (χ4n) is 2.15. The Morgan fingerprint density at radius 3 is 2.63 bits per heavy atom. The highest BCUT2D eigenvalue weighted by Crippen LogP contribution is 2.34. The third kappa shape index (κ3) is 3.10. The van der Waals surface area contributed by atoms with Crippen molar-refractivity contribution in [1.82, 2.24) is 0 Å². The summed E-state index contributed by atoms with van der Waals surface area (Å²) in [4.78, 5) is 12.1. The minimum absolute atomic E-state index is 0.147. The first kappa shape index (κ1) is 13.9. The predicted octanol–water partition coefficient (Wildman–Crippen LogP) is 4.20. The smallest absolute Gasteiger partial charge is 0.323 e. The molecule has 0 aliphatic heterocycles. The third-order valence-corrected chi connectivity index (χ3v) is 4.05. The van der Waals surface area contributed by atoms with Gasteiger partial charge in [-0.1, -0.05) is 49.4 Å². The highest BCUT2D eigenvalue weighted by atomic mass is 32.2. The molecule has 0 saturated heterocycles. The van der Waals surface area contributed by atoms with E-state index < -0.39 is 0 Å². The summed E-state index contributed by atoms with van der Waals surface area (Å²) in [5, 5.41) is 2.05. The Kier molecular flexibility index (Phi) is 4.86. The lowest BCUT2D eigenvalue weighted by molar-refractivity contribution is -0.142. The van der Waals surface area contributed by atoms with Gasteiger partial charge in [-0.05, 0) is 29.0 Å². The summed E-state index contributed by atoms with van der Waals surface area (Å²) >= 11 is 1.62. The van der Waals surface area contributed by atoms with Crippen molar-refractivity contribution in [1.29, 1.82) is 0 Å². The van der Waals surface area contributed by atoms with Gasteiger partial charge in [0.1, 0.15) is 5.25 Å². The van der Waals surface area contributed by atoms with Crippen LogP contribution in [0.3, 0.4) is 0 Å². The molecule has 0 aliphatic rings. The zero-order valence-electron chi connectivity index (χ0n) is 11.3. The number of hydrogen-bond acceptors (Lipinski definition) is 3. The highest BCUT2D eigenvalue weighted by molar-refractivity contribution is 8.00. The number of carbonyl (C=O) groups is 1. The fraction of sp³-hybridized carbons (Fsp3) is 0.312. The number of benzene rings is 2. The van der Waals surface area contributed by atoms with Crippen LogP contribution in [-0.2, 0) is 9.53 Å². The summed E-state index contributed by atoms with van der Waals surface area (Å²) in [6.07, 6.45) is 0. The minimum Gasteiger partial charge on any atom is -0.465 e. The largest absolute Gasteiger partial charge is 0.465 e. The predicted molar refractivity (Wildman–Crippen MR) is 81.5 cm³/mol. The number of esters is 1. The Bertz CT molecular complexity index is 560. The molecule has 1 unspecified atom stereocenters. The third-order valence-electron chi connectivity index (χ3n) is 2.94. The lowest BCUT2D eigenvalue weighted by atomic mass is 10.0. The molecule has 0 bridgehead atoms. The van der Waals surface area contributed by atoms with E-state index in [1.54, 1.807) is 11.8 Å². The Morgan fingerprint density at radius 1 is 1.16 bits per heavy atom. The number of carbonyl (C=O) groups excluding carboxylic acids is 1. The van der Waals surface area contributed by atoms with Crippen molar-refractivity contribution in [3.05, 3.63) is 48.0 Å². The van der Waals surface area contributed by atoms with Gasteiger partial charge in [0.05, 0.1) is 6.61 Å². The Balaban J connectivity index is 2.46. The topological polar surface area (TPSA) is 26.3 Å². The summed E-state index contributed by atoms with van der Waals surface area (Å²) < 4.78 is 5.20. The average Bonchev–Trinajstić information content (AvgIpc) is 2.44. The molecule has 1 atom stereocenters. The van der Waals surface area contributed by atoms with E-state index in [1.807, 2.05) is 31.2 Å². The monoisotopic (exact) mass is 274 g/mol. The Hall–Kier alpha value is -1.48. The van der Waals surface area contributed by atoms with Gasteiger partial charge in [0.15, 0.2) is 0 Å². The van der Waals surface area contributed by atoms with Crippen LogP contribution in [0.15, 0.2) is 42.5 Å². The molecule has 100 valence electrons. The molecule has 2 aromatic carbocycles. The first-order valence-electron chi connectivity index (χ1n) is 6.53. The molecule has 0 heterocycles. The lowest BCUT2D eigenvalue weighted by Gasteiger charge is -2.16. The molecule has 2 aromatic rings. The van der Waals surface area contributed by atoms with Crippen molar-refractivity contribution in [3.63, 3.8) is 0 Å². The van der Waals surface area contributed by atoms with Gasteiger partial charge < -0.3 is 4.74 Å². The van der Waals surface area contributed by atoms with Gasteiger partial charge in [-0.3, -0.25) is 4.79 Å². The van der Waals surface area contributed by atoms with Crippen LogP contribution in [-0.4, -0.2) is 18.3 Å². The maximum absolute atomic E-state index is 12.1. The molecular formula is C16H18O2S. The van der Waals surface area contributed by atoms with Gasteiger partial charge in [0.2, 0.25) is 0 Å². The maximum atomic E-state index is 12.1. The zero-order valence-corrected chi connectivity index (χ0v) is 12.1. The Labute approximate surface area is 118 Å². The highest BCUT2D eigenvalue weighted by Gasteiger charge is 2.23. The molecule has 0 amide bonds. The molecule has 0 aromatic heterocycles. The van der Waals surface area contributed by atoms with E-state index in [9.17, 15) is 4.79 Å². The van der Waals surface area contributed by atoms with Crippen LogP contribution in [0, 0.1) is 0 Å². The minimum atomic E-state index is -0.240. The van der Waals surface area contributed by atoms with E-state index in [0.717, 1.165) is 22.1 Å². The number of hydrogen-bond donors (Lipinski definition) is 0. The first-order valence-corrected chi connectivity index (χ1v) is 7.58. The van der Waals surface area contributed by atoms with Crippen molar-refractivity contribution in [2.24, 2.45) is 0 Å². The summed E-state index contributed by atoms with van der Waals surface area (Å²) in [5.74, 6) is 0.734. The fourth-order valence-corrected chi connectivity index (χ4v) is 3.07. The van der Waals surface area contributed by atoms with Crippen molar-refractivity contribution in [3.8, 4) is 0 Å². The van der Waals surface area contributed by atoms with E-state index in [-0.39, 0.29) is 11.2 Å². The van der Waals surface area contributed by atoms with Gasteiger partial charge in [0, 0.05) is 0 Å². The standard InChI is InChI=1S/C16H18O2S/c1-3-18-16(17)15(19-4-2)14-11-7-9-12-8-5-6-10-13(12)14/h5-11,15H,3-4H2,1-2H3. The van der Waals surface area contributed by atoms with Crippen LogP contribution in [0.2, 0.25) is 0 Å². The number of fused-ring (bicyclic) bond motifs is 1. The van der Waals surface area contributed by atoms with Gasteiger partial charge in [-0.15, -0.1) is 11.8 Å². The van der Waals surface area contributed by atoms with Gasteiger partial charge >= 0.3 is 5.97 Å². The summed E-state index contributed by atoms with van der Waals surface area (Å²) in [6, 6.07) is 14.2. The molecular weight excluding hydrogens is 256 g/mol. The van der Waals surface area contributed by atoms with Crippen molar-refractivity contribution < 1.29 is 9.53 Å².